The van der Waals surface area contributed by atoms with Crippen molar-refractivity contribution in [2.24, 2.45) is 0 Å². The fourth-order valence-corrected chi connectivity index (χ4v) is 1.86. The molecule has 1 aromatic rings. The van der Waals surface area contributed by atoms with Crippen LogP contribution in [0.3, 0.4) is 0 Å². The number of benzene rings is 1. The number of nitrogens with one attached hydrogen (secondary N) is 3. The predicted molar refractivity (Wildman–Crippen MR) is 77.4 cm³/mol. The normalized spacial score (nSPS) is 14.8. The highest BCUT2D eigenvalue weighted by molar-refractivity contribution is 5.76. The van der Waals surface area contributed by atoms with Gasteiger partial charge in [0.2, 0.25) is 0 Å². The molecular formula is C11H14N6O6. The summed E-state index contributed by atoms with van der Waals surface area (Å²) in [5, 5.41) is 23.2. The van der Waals surface area contributed by atoms with Gasteiger partial charge >= 0.3 is 11.7 Å². The van der Waals surface area contributed by atoms with Gasteiger partial charge in [-0.05, 0) is 6.07 Å². The molecule has 0 saturated carbocycles. The standard InChI is InChI=1S/C11H14N6O6/c18-11(14-15-3-5-23-6-4-15)13-12-9-2-1-8(16(19)20)7-10(9)17(21)22/h1-2,7,12H,3-6H2,(H2,13,14,18). The zero-order valence-corrected chi connectivity index (χ0v) is 11.9. The number of nitrogens with zero attached hydrogens (tertiary/aromatic N) is 3. The molecule has 23 heavy (non-hydrogen) atoms. The summed E-state index contributed by atoms with van der Waals surface area (Å²) in [6.07, 6.45) is 0. The molecule has 1 aromatic carbocycles. The van der Waals surface area contributed by atoms with Crippen molar-refractivity contribution in [1.82, 2.24) is 15.9 Å². The van der Waals surface area contributed by atoms with Gasteiger partial charge in [0.15, 0.2) is 0 Å². The quantitative estimate of drug-likeness (QED) is 0.518. The fourth-order valence-electron chi connectivity index (χ4n) is 1.86. The summed E-state index contributed by atoms with van der Waals surface area (Å²) in [6.45, 7) is 2.01. The number of non-ortho nitro benzene ring substituents is 1. The molecule has 0 unspecified atom stereocenters. The highest BCUT2D eigenvalue weighted by Crippen LogP contribution is 2.28. The summed E-state index contributed by atoms with van der Waals surface area (Å²) in [6, 6.07) is 2.42. The van der Waals surface area contributed by atoms with Gasteiger partial charge in [-0.2, -0.15) is 0 Å². The largest absolute Gasteiger partial charge is 0.379 e. The van der Waals surface area contributed by atoms with Crippen LogP contribution in [0, 0.1) is 20.2 Å². The van der Waals surface area contributed by atoms with Crippen LogP contribution in [0.4, 0.5) is 21.9 Å². The third-order valence-electron chi connectivity index (χ3n) is 2.97. The molecule has 1 aliphatic heterocycles. The van der Waals surface area contributed by atoms with Crippen LogP contribution in [-0.2, 0) is 4.74 Å². The van der Waals surface area contributed by atoms with E-state index in [0.717, 1.165) is 18.2 Å². The summed E-state index contributed by atoms with van der Waals surface area (Å²) < 4.78 is 5.12. The molecule has 0 atom stereocenters. The van der Waals surface area contributed by atoms with E-state index in [9.17, 15) is 25.0 Å². The Bertz CT molecular complexity index is 617. The molecule has 12 nitrogen and oxygen atoms in total. The van der Waals surface area contributed by atoms with Gasteiger partial charge in [0.1, 0.15) is 5.69 Å². The van der Waals surface area contributed by atoms with Gasteiger partial charge in [0, 0.05) is 19.2 Å². The highest BCUT2D eigenvalue weighted by atomic mass is 16.6. The van der Waals surface area contributed by atoms with Crippen LogP contribution >= 0.6 is 0 Å². The van der Waals surface area contributed by atoms with Crippen molar-refractivity contribution in [3.63, 3.8) is 0 Å². The number of morpholine rings is 1. The minimum Gasteiger partial charge on any atom is -0.379 e. The SMILES string of the molecule is O=C(NNc1ccc([N+](=O)[O-])cc1[N+](=O)[O-])NN1CCOCC1. The number of urea groups is 1. The molecule has 1 aliphatic rings. The van der Waals surface area contributed by atoms with E-state index in [2.05, 4.69) is 16.3 Å². The number of hydrazine groups is 2. The molecule has 124 valence electrons. The van der Waals surface area contributed by atoms with Crippen molar-refractivity contribution in [3.05, 3.63) is 38.4 Å². The van der Waals surface area contributed by atoms with Crippen LogP contribution in [0.5, 0.6) is 0 Å². The molecule has 0 spiro atoms. The van der Waals surface area contributed by atoms with E-state index >= 15 is 0 Å². The Labute approximate surface area is 129 Å². The Morgan fingerprint density at radius 2 is 1.87 bits per heavy atom. The van der Waals surface area contributed by atoms with E-state index in [1.165, 1.54) is 0 Å². The van der Waals surface area contributed by atoms with Crippen molar-refractivity contribution < 1.29 is 19.4 Å². The molecule has 2 amide bonds. The Morgan fingerprint density at radius 1 is 1.17 bits per heavy atom. The monoisotopic (exact) mass is 326 g/mol. The van der Waals surface area contributed by atoms with Crippen molar-refractivity contribution in [2.75, 3.05) is 31.7 Å². The molecular weight excluding hydrogens is 312 g/mol. The first-order valence-corrected chi connectivity index (χ1v) is 6.55. The maximum Gasteiger partial charge on any atom is 0.347 e. The minimum atomic E-state index is -0.781. The lowest BCUT2D eigenvalue weighted by atomic mass is 10.2. The number of nitro groups is 2. The lowest BCUT2D eigenvalue weighted by molar-refractivity contribution is -0.393. The van der Waals surface area contributed by atoms with Gasteiger partial charge < -0.3 is 4.74 Å². The van der Waals surface area contributed by atoms with Gasteiger partial charge in [0.25, 0.3) is 5.69 Å². The van der Waals surface area contributed by atoms with E-state index in [-0.39, 0.29) is 5.69 Å². The summed E-state index contributed by atoms with van der Waals surface area (Å²) >= 11 is 0. The molecule has 0 bridgehead atoms. The maximum absolute atomic E-state index is 11.7. The first-order valence-electron chi connectivity index (χ1n) is 6.55. The average Bonchev–Trinajstić information content (AvgIpc) is 2.53. The van der Waals surface area contributed by atoms with E-state index in [1.807, 2.05) is 0 Å². The zero-order chi connectivity index (χ0) is 16.8. The second-order valence-corrected chi connectivity index (χ2v) is 4.51. The van der Waals surface area contributed by atoms with Crippen LogP contribution in [0.1, 0.15) is 0 Å². The molecule has 0 aliphatic carbocycles. The predicted octanol–water partition coefficient (Wildman–Crippen LogP) is 0.376. The lowest BCUT2D eigenvalue weighted by Crippen LogP contribution is -2.52. The highest BCUT2D eigenvalue weighted by Gasteiger charge is 2.20. The van der Waals surface area contributed by atoms with Crippen LogP contribution in [0.2, 0.25) is 0 Å². The molecule has 0 radical (unpaired) electrons. The fraction of sp³-hybridized carbons (Fsp3) is 0.364. The van der Waals surface area contributed by atoms with E-state index < -0.39 is 27.3 Å². The number of amides is 2. The molecule has 1 heterocycles. The van der Waals surface area contributed by atoms with E-state index in [0.29, 0.717) is 26.3 Å². The molecule has 1 saturated heterocycles. The Kier molecular flexibility index (Phi) is 5.22. The van der Waals surface area contributed by atoms with Gasteiger partial charge in [0.05, 0.1) is 29.1 Å². The maximum atomic E-state index is 11.7. The number of nitro benzene ring substituents is 2. The van der Waals surface area contributed by atoms with Crippen molar-refractivity contribution in [1.29, 1.82) is 0 Å². The number of rotatable bonds is 5. The lowest BCUT2D eigenvalue weighted by Gasteiger charge is -2.26. The third kappa shape index (κ3) is 4.49. The smallest absolute Gasteiger partial charge is 0.347 e. The average molecular weight is 326 g/mol. The summed E-state index contributed by atoms with van der Waals surface area (Å²) in [5.41, 5.74) is 6.12. The first-order chi connectivity index (χ1) is 11.0. The number of carbonyl (C=O) groups excluding carboxylic acids is 1. The van der Waals surface area contributed by atoms with Crippen LogP contribution in [0.25, 0.3) is 0 Å². The van der Waals surface area contributed by atoms with Crippen molar-refractivity contribution >= 4 is 23.1 Å². The topological polar surface area (TPSA) is 152 Å². The zero-order valence-electron chi connectivity index (χ0n) is 11.9. The number of anilines is 1. The van der Waals surface area contributed by atoms with Gasteiger partial charge in [-0.1, -0.05) is 0 Å². The molecule has 0 aromatic heterocycles. The Balaban J connectivity index is 1.97. The first kappa shape index (κ1) is 16.4. The number of ether oxygens (including phenoxy) is 1. The summed E-state index contributed by atoms with van der Waals surface area (Å²) in [7, 11) is 0. The number of hydrogen-bond acceptors (Lipinski definition) is 8. The molecule has 3 N–H and O–H groups in total. The van der Waals surface area contributed by atoms with E-state index in [4.69, 9.17) is 4.74 Å². The third-order valence-corrected chi connectivity index (χ3v) is 2.97. The van der Waals surface area contributed by atoms with Crippen molar-refractivity contribution in [2.45, 2.75) is 0 Å². The van der Waals surface area contributed by atoms with Crippen LogP contribution in [0.15, 0.2) is 18.2 Å². The van der Waals surface area contributed by atoms with Gasteiger partial charge in [-0.25, -0.2) is 9.80 Å². The Hall–Kier alpha value is -2.99. The Morgan fingerprint density at radius 3 is 2.48 bits per heavy atom. The minimum absolute atomic E-state index is 0.0715. The number of carbonyl (C=O) groups is 1. The molecule has 1 fully saturated rings. The summed E-state index contributed by atoms with van der Waals surface area (Å²) in [4.78, 5) is 31.8. The molecule has 2 rings (SSSR count). The van der Waals surface area contributed by atoms with Crippen LogP contribution < -0.4 is 16.3 Å². The second kappa shape index (κ2) is 7.33. The van der Waals surface area contributed by atoms with Gasteiger partial charge in [-0.3, -0.25) is 36.5 Å². The van der Waals surface area contributed by atoms with Gasteiger partial charge in [-0.15, -0.1) is 0 Å². The van der Waals surface area contributed by atoms with Crippen LogP contribution in [-0.4, -0.2) is 47.2 Å². The second-order valence-electron chi connectivity index (χ2n) is 4.51. The summed E-state index contributed by atoms with van der Waals surface area (Å²) in [5.74, 6) is 0. The van der Waals surface area contributed by atoms with Crippen molar-refractivity contribution in [3.8, 4) is 0 Å². The number of hydrogen-bond donors (Lipinski definition) is 3. The van der Waals surface area contributed by atoms with E-state index in [1.54, 1.807) is 5.01 Å². The molecule has 12 heteroatoms.